The number of nitrogens with zero attached hydrogens (tertiary/aromatic N) is 4. The summed E-state index contributed by atoms with van der Waals surface area (Å²) in [7, 11) is 0. The third-order valence-electron chi connectivity index (χ3n) is 6.38. The first-order valence-electron chi connectivity index (χ1n) is 10.1. The van der Waals surface area contributed by atoms with Crippen molar-refractivity contribution in [2.75, 3.05) is 19.7 Å². The van der Waals surface area contributed by atoms with Crippen molar-refractivity contribution in [3.8, 4) is 0 Å². The Balaban J connectivity index is 1.27. The van der Waals surface area contributed by atoms with Gasteiger partial charge in [-0.25, -0.2) is 0 Å². The predicted octanol–water partition coefficient (Wildman–Crippen LogP) is 3.16. The Hall–Kier alpha value is -1.72. The molecular formula is C21H28N4O. The van der Waals surface area contributed by atoms with Gasteiger partial charge in [0.1, 0.15) is 0 Å². The van der Waals surface area contributed by atoms with Crippen LogP contribution in [0.15, 0.2) is 42.9 Å². The lowest BCUT2D eigenvalue weighted by Gasteiger charge is -2.38. The predicted molar refractivity (Wildman–Crippen MR) is 99.5 cm³/mol. The van der Waals surface area contributed by atoms with Crippen LogP contribution >= 0.6 is 0 Å². The summed E-state index contributed by atoms with van der Waals surface area (Å²) in [6.45, 7) is 4.26. The van der Waals surface area contributed by atoms with Crippen molar-refractivity contribution in [3.63, 3.8) is 0 Å². The quantitative estimate of drug-likeness (QED) is 0.801. The summed E-state index contributed by atoms with van der Waals surface area (Å²) >= 11 is 0. The molecule has 0 N–H and O–H groups in total. The zero-order valence-electron chi connectivity index (χ0n) is 15.3. The molecule has 3 heterocycles. The van der Waals surface area contributed by atoms with Crippen LogP contribution < -0.4 is 0 Å². The van der Waals surface area contributed by atoms with Crippen LogP contribution in [-0.2, 0) is 11.3 Å². The zero-order valence-corrected chi connectivity index (χ0v) is 15.3. The van der Waals surface area contributed by atoms with Gasteiger partial charge in [-0.3, -0.25) is 14.6 Å². The van der Waals surface area contributed by atoms with Gasteiger partial charge >= 0.3 is 0 Å². The first-order valence-corrected chi connectivity index (χ1v) is 10.1. The zero-order chi connectivity index (χ0) is 17.3. The Morgan fingerprint density at radius 2 is 1.92 bits per heavy atom. The van der Waals surface area contributed by atoms with E-state index in [0.717, 1.165) is 30.9 Å². The minimum Gasteiger partial charge on any atom is -0.376 e. The lowest BCUT2D eigenvalue weighted by atomic mass is 9.77. The molecule has 2 aromatic heterocycles. The highest BCUT2D eigenvalue weighted by molar-refractivity contribution is 5.05. The van der Waals surface area contributed by atoms with Crippen LogP contribution in [0, 0.1) is 17.8 Å². The number of pyridine rings is 1. The summed E-state index contributed by atoms with van der Waals surface area (Å²) in [6, 6.07) is 8.63. The molecule has 0 amide bonds. The largest absolute Gasteiger partial charge is 0.376 e. The van der Waals surface area contributed by atoms with Crippen molar-refractivity contribution in [1.82, 2.24) is 19.7 Å². The van der Waals surface area contributed by atoms with Gasteiger partial charge in [-0.15, -0.1) is 0 Å². The average Bonchev–Trinajstić information content (AvgIpc) is 3.16. The van der Waals surface area contributed by atoms with Crippen LogP contribution in [0.3, 0.4) is 0 Å². The molecule has 4 atom stereocenters. The van der Waals surface area contributed by atoms with E-state index in [1.807, 2.05) is 24.5 Å². The molecule has 5 heteroatoms. The molecule has 0 bridgehead atoms. The van der Waals surface area contributed by atoms with E-state index in [2.05, 4.69) is 38.0 Å². The summed E-state index contributed by atoms with van der Waals surface area (Å²) in [5.74, 6) is 2.30. The number of ether oxygens (including phenoxy) is 1. The molecule has 1 saturated heterocycles. The van der Waals surface area contributed by atoms with Crippen molar-refractivity contribution < 1.29 is 4.74 Å². The Labute approximate surface area is 155 Å². The topological polar surface area (TPSA) is 43.2 Å². The number of hydrogen-bond donors (Lipinski definition) is 0. The van der Waals surface area contributed by atoms with Gasteiger partial charge < -0.3 is 4.74 Å². The molecule has 0 radical (unpaired) electrons. The number of fused-ring (bicyclic) bond motifs is 1. The molecule has 5 nitrogen and oxygen atoms in total. The van der Waals surface area contributed by atoms with Crippen molar-refractivity contribution >= 4 is 0 Å². The Kier molecular flexibility index (Phi) is 4.51. The maximum Gasteiger partial charge on any atom is 0.0802 e. The summed E-state index contributed by atoms with van der Waals surface area (Å²) < 4.78 is 8.56. The highest BCUT2D eigenvalue weighted by atomic mass is 16.5. The van der Waals surface area contributed by atoms with Crippen LogP contribution in [0.5, 0.6) is 0 Å². The van der Waals surface area contributed by atoms with Gasteiger partial charge in [-0.2, -0.15) is 5.10 Å². The van der Waals surface area contributed by atoms with Gasteiger partial charge in [0.25, 0.3) is 0 Å². The van der Waals surface area contributed by atoms with Gasteiger partial charge in [-0.1, -0.05) is 6.07 Å². The lowest BCUT2D eigenvalue weighted by Crippen LogP contribution is -2.38. The molecule has 2 aliphatic carbocycles. The van der Waals surface area contributed by atoms with Crippen molar-refractivity contribution in [1.29, 1.82) is 0 Å². The van der Waals surface area contributed by atoms with E-state index in [9.17, 15) is 0 Å². The first-order chi connectivity index (χ1) is 12.8. The highest BCUT2D eigenvalue weighted by Gasteiger charge is 2.44. The van der Waals surface area contributed by atoms with E-state index in [1.54, 1.807) is 0 Å². The number of aromatic nitrogens is 3. The number of hydrogen-bond acceptors (Lipinski definition) is 4. The monoisotopic (exact) mass is 352 g/mol. The number of rotatable bonds is 6. The highest BCUT2D eigenvalue weighted by Crippen LogP contribution is 2.43. The minimum absolute atomic E-state index is 0.312. The molecule has 0 spiro atoms. The molecule has 138 valence electrons. The minimum atomic E-state index is 0.312. The summed E-state index contributed by atoms with van der Waals surface area (Å²) in [6.07, 6.45) is 11.3. The second-order valence-corrected chi connectivity index (χ2v) is 8.38. The van der Waals surface area contributed by atoms with Crippen LogP contribution in [0.1, 0.15) is 37.4 Å². The van der Waals surface area contributed by atoms with E-state index in [4.69, 9.17) is 4.74 Å². The maximum absolute atomic E-state index is 6.41. The van der Waals surface area contributed by atoms with E-state index in [1.165, 1.54) is 44.5 Å². The van der Waals surface area contributed by atoms with Crippen LogP contribution in [-0.4, -0.2) is 45.5 Å². The van der Waals surface area contributed by atoms with E-state index in [-0.39, 0.29) is 0 Å². The van der Waals surface area contributed by atoms with E-state index in [0.29, 0.717) is 12.1 Å². The van der Waals surface area contributed by atoms with Crippen molar-refractivity contribution in [3.05, 3.63) is 48.5 Å². The van der Waals surface area contributed by atoms with Crippen molar-refractivity contribution in [2.45, 2.75) is 44.4 Å². The second-order valence-electron chi connectivity index (χ2n) is 8.38. The molecule has 26 heavy (non-hydrogen) atoms. The molecule has 2 aromatic rings. The van der Waals surface area contributed by atoms with Gasteiger partial charge in [0, 0.05) is 44.8 Å². The molecule has 0 unspecified atom stereocenters. The molecule has 5 rings (SSSR count). The van der Waals surface area contributed by atoms with Crippen LogP contribution in [0.2, 0.25) is 0 Å². The lowest BCUT2D eigenvalue weighted by molar-refractivity contribution is -0.0371. The fourth-order valence-corrected chi connectivity index (χ4v) is 4.82. The Morgan fingerprint density at radius 1 is 1.04 bits per heavy atom. The first kappa shape index (κ1) is 16.5. The molecule has 2 saturated carbocycles. The molecule has 3 fully saturated rings. The fourth-order valence-electron chi connectivity index (χ4n) is 4.82. The van der Waals surface area contributed by atoms with Gasteiger partial charge in [0.15, 0.2) is 0 Å². The molecule has 3 aliphatic rings. The van der Waals surface area contributed by atoms with Crippen molar-refractivity contribution in [2.24, 2.45) is 17.8 Å². The van der Waals surface area contributed by atoms with Crippen LogP contribution in [0.4, 0.5) is 0 Å². The average molecular weight is 352 g/mol. The third-order valence-corrected chi connectivity index (χ3v) is 6.38. The summed E-state index contributed by atoms with van der Waals surface area (Å²) in [4.78, 5) is 7.09. The fraction of sp³-hybridized carbons (Fsp3) is 0.619. The Bertz CT molecular complexity index is 700. The SMILES string of the molecule is c1ccc(CN2C[C@H]3C[C@H](OCC4CC4)[C@@H](n4cccn4)C[C@H]3C2)nc1. The van der Waals surface area contributed by atoms with Gasteiger partial charge in [-0.05, 0) is 61.6 Å². The summed E-state index contributed by atoms with van der Waals surface area (Å²) in [5, 5.41) is 4.55. The van der Waals surface area contributed by atoms with E-state index >= 15 is 0 Å². The second kappa shape index (κ2) is 7.12. The maximum atomic E-state index is 6.41. The Morgan fingerprint density at radius 3 is 2.65 bits per heavy atom. The van der Waals surface area contributed by atoms with E-state index < -0.39 is 0 Å². The van der Waals surface area contributed by atoms with Gasteiger partial charge in [0.05, 0.1) is 17.8 Å². The summed E-state index contributed by atoms with van der Waals surface area (Å²) in [5.41, 5.74) is 1.18. The van der Waals surface area contributed by atoms with Crippen LogP contribution in [0.25, 0.3) is 0 Å². The third kappa shape index (κ3) is 3.55. The molecule has 0 aromatic carbocycles. The number of likely N-dealkylation sites (tertiary alicyclic amines) is 1. The molecule has 1 aliphatic heterocycles. The molecular weight excluding hydrogens is 324 g/mol. The smallest absolute Gasteiger partial charge is 0.0802 e. The van der Waals surface area contributed by atoms with Gasteiger partial charge in [0.2, 0.25) is 0 Å². The normalized spacial score (nSPS) is 31.8. The standard InChI is InChI=1S/C21H28N4O/c1-2-7-22-19(4-1)14-24-12-17-10-20(25-9-3-8-23-25)21(11-18(17)13-24)26-15-16-5-6-16/h1-4,7-9,16-18,20-21H,5-6,10-15H2/t17-,18+,20-,21-/m0/s1.